The molecule has 0 fully saturated rings. The third kappa shape index (κ3) is 4.33. The molecule has 1 N–H and O–H groups in total. The van der Waals surface area contributed by atoms with Crippen molar-refractivity contribution in [2.75, 3.05) is 6.54 Å². The van der Waals surface area contributed by atoms with Gasteiger partial charge in [0.1, 0.15) is 0 Å². The normalized spacial score (nSPS) is 12.4. The first-order valence-corrected chi connectivity index (χ1v) is 6.08. The number of hydrogen-bond acceptors (Lipinski definition) is 2. The van der Waals surface area contributed by atoms with Crippen molar-refractivity contribution in [3.8, 4) is 0 Å². The van der Waals surface area contributed by atoms with Gasteiger partial charge in [0.15, 0.2) is 0 Å². The van der Waals surface area contributed by atoms with Crippen molar-refractivity contribution < 1.29 is 0 Å². The number of halogens is 1. The molecule has 0 amide bonds. The summed E-state index contributed by atoms with van der Waals surface area (Å²) >= 11 is 6.09. The molecule has 1 unspecified atom stereocenters. The molecule has 16 heavy (non-hydrogen) atoms. The maximum atomic E-state index is 6.09. The highest BCUT2D eigenvalue weighted by atomic mass is 35.5. The van der Waals surface area contributed by atoms with Crippen molar-refractivity contribution in [1.29, 1.82) is 0 Å². The van der Waals surface area contributed by atoms with E-state index in [2.05, 4.69) is 23.8 Å². The Bertz CT molecular complexity index is 325. The Morgan fingerprint density at radius 1 is 1.62 bits per heavy atom. The molecule has 88 valence electrons. The van der Waals surface area contributed by atoms with E-state index in [0.29, 0.717) is 6.04 Å². The summed E-state index contributed by atoms with van der Waals surface area (Å²) in [6.07, 6.45) is 8.44. The topological polar surface area (TPSA) is 24.9 Å². The smallest absolute Gasteiger partial charge is 0.0621 e. The second-order valence-corrected chi connectivity index (χ2v) is 4.25. The van der Waals surface area contributed by atoms with Gasteiger partial charge in [-0.1, -0.05) is 24.6 Å². The van der Waals surface area contributed by atoms with E-state index in [1.807, 2.05) is 12.1 Å². The fourth-order valence-corrected chi connectivity index (χ4v) is 1.82. The van der Waals surface area contributed by atoms with Gasteiger partial charge in [0.25, 0.3) is 0 Å². The van der Waals surface area contributed by atoms with Gasteiger partial charge >= 0.3 is 0 Å². The Labute approximate surface area is 103 Å². The highest BCUT2D eigenvalue weighted by Gasteiger charge is 2.09. The maximum absolute atomic E-state index is 6.09. The molecule has 1 heterocycles. The van der Waals surface area contributed by atoms with Gasteiger partial charge in [-0.25, -0.2) is 0 Å². The molecule has 1 aromatic heterocycles. The van der Waals surface area contributed by atoms with E-state index < -0.39 is 0 Å². The highest BCUT2D eigenvalue weighted by molar-refractivity contribution is 6.31. The summed E-state index contributed by atoms with van der Waals surface area (Å²) in [5.41, 5.74) is 1.15. The van der Waals surface area contributed by atoms with E-state index in [0.717, 1.165) is 36.4 Å². The Morgan fingerprint density at radius 3 is 3.06 bits per heavy atom. The first-order valence-electron chi connectivity index (χ1n) is 5.70. The Balaban J connectivity index is 2.60. The van der Waals surface area contributed by atoms with Gasteiger partial charge in [-0.3, -0.25) is 4.98 Å². The molecule has 0 aliphatic rings. The molecule has 0 aromatic carbocycles. The Hall–Kier alpha value is -0.860. The van der Waals surface area contributed by atoms with Crippen LogP contribution in [0.3, 0.4) is 0 Å². The molecular formula is C13H19ClN2. The molecular weight excluding hydrogens is 220 g/mol. The van der Waals surface area contributed by atoms with Gasteiger partial charge in [0.2, 0.25) is 0 Å². The zero-order valence-electron chi connectivity index (χ0n) is 9.75. The molecule has 2 nitrogen and oxygen atoms in total. The van der Waals surface area contributed by atoms with E-state index in [9.17, 15) is 0 Å². The van der Waals surface area contributed by atoms with Gasteiger partial charge in [-0.05, 0) is 37.4 Å². The molecule has 1 aromatic rings. The van der Waals surface area contributed by atoms with Gasteiger partial charge in [0, 0.05) is 18.4 Å². The molecule has 0 saturated heterocycles. The van der Waals surface area contributed by atoms with Crippen LogP contribution in [0.4, 0.5) is 0 Å². The lowest BCUT2D eigenvalue weighted by Crippen LogP contribution is -2.31. The second-order valence-electron chi connectivity index (χ2n) is 3.85. The standard InChI is InChI=1S/C13H19ClN2/c1-3-5-12(16-7-4-2)9-11-6-8-15-10-13(11)14/h3,6,8,10,12,16H,1,4-5,7,9H2,2H3. The van der Waals surface area contributed by atoms with Gasteiger partial charge in [-0.15, -0.1) is 6.58 Å². The van der Waals surface area contributed by atoms with E-state index in [1.54, 1.807) is 12.4 Å². The van der Waals surface area contributed by atoms with E-state index >= 15 is 0 Å². The third-order valence-corrected chi connectivity index (χ3v) is 2.80. The zero-order chi connectivity index (χ0) is 11.8. The van der Waals surface area contributed by atoms with Crippen LogP contribution < -0.4 is 5.32 Å². The van der Waals surface area contributed by atoms with Crippen LogP contribution in [0.2, 0.25) is 5.02 Å². The average Bonchev–Trinajstić information content (AvgIpc) is 2.29. The van der Waals surface area contributed by atoms with Crippen molar-refractivity contribution in [2.45, 2.75) is 32.2 Å². The molecule has 0 bridgehead atoms. The summed E-state index contributed by atoms with van der Waals surface area (Å²) in [6.45, 7) is 6.98. The molecule has 0 radical (unpaired) electrons. The number of rotatable bonds is 7. The lowest BCUT2D eigenvalue weighted by Gasteiger charge is -2.17. The van der Waals surface area contributed by atoms with Crippen LogP contribution in [0.15, 0.2) is 31.1 Å². The Kier molecular flexibility index (Phi) is 6.12. The summed E-state index contributed by atoms with van der Waals surface area (Å²) in [4.78, 5) is 3.99. The zero-order valence-corrected chi connectivity index (χ0v) is 10.5. The van der Waals surface area contributed by atoms with Crippen LogP contribution >= 0.6 is 11.6 Å². The van der Waals surface area contributed by atoms with Crippen molar-refractivity contribution >= 4 is 11.6 Å². The van der Waals surface area contributed by atoms with E-state index in [1.165, 1.54) is 0 Å². The van der Waals surface area contributed by atoms with Crippen LogP contribution in [0.1, 0.15) is 25.3 Å². The minimum absolute atomic E-state index is 0.414. The number of nitrogens with one attached hydrogen (secondary N) is 1. The number of nitrogens with zero attached hydrogens (tertiary/aromatic N) is 1. The fraction of sp³-hybridized carbons (Fsp3) is 0.462. The molecule has 1 rings (SSSR count). The molecule has 0 aliphatic heterocycles. The number of aromatic nitrogens is 1. The third-order valence-electron chi connectivity index (χ3n) is 2.46. The minimum Gasteiger partial charge on any atom is -0.313 e. The SMILES string of the molecule is C=CCC(Cc1ccncc1Cl)NCCC. The van der Waals surface area contributed by atoms with Crippen LogP contribution in [0, 0.1) is 0 Å². The minimum atomic E-state index is 0.414. The lowest BCUT2D eigenvalue weighted by molar-refractivity contribution is 0.512. The Morgan fingerprint density at radius 2 is 2.44 bits per heavy atom. The largest absolute Gasteiger partial charge is 0.313 e. The average molecular weight is 239 g/mol. The molecule has 0 aliphatic carbocycles. The fourth-order valence-electron chi connectivity index (χ4n) is 1.62. The van der Waals surface area contributed by atoms with Crippen LogP contribution in [-0.4, -0.2) is 17.6 Å². The summed E-state index contributed by atoms with van der Waals surface area (Å²) in [5.74, 6) is 0. The van der Waals surface area contributed by atoms with Crippen molar-refractivity contribution in [3.05, 3.63) is 41.7 Å². The number of pyridine rings is 1. The van der Waals surface area contributed by atoms with Crippen molar-refractivity contribution in [2.24, 2.45) is 0 Å². The monoisotopic (exact) mass is 238 g/mol. The molecule has 0 spiro atoms. The van der Waals surface area contributed by atoms with Crippen LogP contribution in [0.5, 0.6) is 0 Å². The summed E-state index contributed by atoms with van der Waals surface area (Å²) in [7, 11) is 0. The van der Waals surface area contributed by atoms with Crippen LogP contribution in [-0.2, 0) is 6.42 Å². The van der Waals surface area contributed by atoms with Crippen molar-refractivity contribution in [3.63, 3.8) is 0 Å². The van der Waals surface area contributed by atoms with Gasteiger partial charge < -0.3 is 5.32 Å². The summed E-state index contributed by atoms with van der Waals surface area (Å²) in [6, 6.07) is 2.39. The molecule has 3 heteroatoms. The summed E-state index contributed by atoms with van der Waals surface area (Å²) < 4.78 is 0. The molecule has 1 atom stereocenters. The lowest BCUT2D eigenvalue weighted by atomic mass is 10.0. The van der Waals surface area contributed by atoms with E-state index in [4.69, 9.17) is 11.6 Å². The highest BCUT2D eigenvalue weighted by Crippen LogP contribution is 2.16. The first-order chi connectivity index (χ1) is 7.77. The van der Waals surface area contributed by atoms with Gasteiger partial charge in [0.05, 0.1) is 5.02 Å². The maximum Gasteiger partial charge on any atom is 0.0621 e. The summed E-state index contributed by atoms with van der Waals surface area (Å²) in [5, 5.41) is 4.24. The van der Waals surface area contributed by atoms with E-state index in [-0.39, 0.29) is 0 Å². The quantitative estimate of drug-likeness (QED) is 0.738. The second kappa shape index (κ2) is 7.42. The molecule has 0 saturated carbocycles. The van der Waals surface area contributed by atoms with Gasteiger partial charge in [-0.2, -0.15) is 0 Å². The van der Waals surface area contributed by atoms with Crippen molar-refractivity contribution in [1.82, 2.24) is 10.3 Å². The number of hydrogen-bond donors (Lipinski definition) is 1. The van der Waals surface area contributed by atoms with Crippen LogP contribution in [0.25, 0.3) is 0 Å². The predicted octanol–water partition coefficient (Wildman–Crippen LogP) is 3.22. The predicted molar refractivity (Wildman–Crippen MR) is 69.8 cm³/mol. The first kappa shape index (κ1) is 13.2.